The Labute approximate surface area is 82.1 Å². The van der Waals surface area contributed by atoms with Crippen LogP contribution in [0.15, 0.2) is 12.1 Å². The summed E-state index contributed by atoms with van der Waals surface area (Å²) >= 11 is 0. The zero-order chi connectivity index (χ0) is 11.6. The number of alkyl halides is 3. The lowest BCUT2D eigenvalue weighted by molar-refractivity contribution is -0.274. The van der Waals surface area contributed by atoms with E-state index in [-0.39, 0.29) is 5.56 Å². The van der Waals surface area contributed by atoms with Gasteiger partial charge in [0.1, 0.15) is 5.82 Å². The fraction of sp³-hybridized carbons (Fsp3) is 0.250. The van der Waals surface area contributed by atoms with Crippen molar-refractivity contribution in [1.29, 1.82) is 0 Å². The van der Waals surface area contributed by atoms with E-state index in [1.165, 1.54) is 0 Å². The summed E-state index contributed by atoms with van der Waals surface area (Å²) in [4.78, 5) is 0. The molecule has 0 aliphatic heterocycles. The van der Waals surface area contributed by atoms with E-state index in [0.717, 1.165) is 0 Å². The number of anilines is 1. The van der Waals surface area contributed by atoms with Crippen LogP contribution in [0.5, 0.6) is 5.75 Å². The molecule has 3 N–H and O–H groups in total. The van der Waals surface area contributed by atoms with E-state index in [1.807, 2.05) is 0 Å². The molecule has 0 radical (unpaired) electrons. The highest BCUT2D eigenvalue weighted by molar-refractivity contribution is 5.54. The van der Waals surface area contributed by atoms with E-state index in [0.29, 0.717) is 12.1 Å². The van der Waals surface area contributed by atoms with Crippen LogP contribution in [0.2, 0.25) is 0 Å². The maximum Gasteiger partial charge on any atom is 0.573 e. The zero-order valence-electron chi connectivity index (χ0n) is 7.31. The maximum absolute atomic E-state index is 12.9. The number of benzene rings is 1. The first kappa shape index (κ1) is 11.6. The third-order valence-electron chi connectivity index (χ3n) is 1.57. The normalized spacial score (nSPS) is 11.5. The van der Waals surface area contributed by atoms with Crippen molar-refractivity contribution in [2.75, 3.05) is 5.73 Å². The van der Waals surface area contributed by atoms with Gasteiger partial charge < -0.3 is 15.6 Å². The molecule has 0 unspecified atom stereocenters. The quantitative estimate of drug-likeness (QED) is 0.596. The molecule has 0 aromatic heterocycles. The first-order valence-electron chi connectivity index (χ1n) is 3.78. The first-order valence-corrected chi connectivity index (χ1v) is 3.78. The van der Waals surface area contributed by atoms with Crippen LogP contribution in [0.4, 0.5) is 23.2 Å². The highest BCUT2D eigenvalue weighted by Gasteiger charge is 2.32. The molecule has 0 amide bonds. The van der Waals surface area contributed by atoms with E-state index in [9.17, 15) is 17.6 Å². The van der Waals surface area contributed by atoms with Gasteiger partial charge in [0.2, 0.25) is 0 Å². The molecular formula is C8H7F4NO2. The lowest BCUT2D eigenvalue weighted by Gasteiger charge is -2.12. The van der Waals surface area contributed by atoms with Gasteiger partial charge in [-0.05, 0) is 6.07 Å². The fourth-order valence-corrected chi connectivity index (χ4v) is 0.945. The average molecular weight is 225 g/mol. The predicted molar refractivity (Wildman–Crippen MR) is 43.4 cm³/mol. The number of ether oxygens (including phenoxy) is 1. The number of rotatable bonds is 2. The topological polar surface area (TPSA) is 55.5 Å². The lowest BCUT2D eigenvalue weighted by Crippen LogP contribution is -2.18. The molecule has 1 aromatic rings. The summed E-state index contributed by atoms with van der Waals surface area (Å²) < 4.78 is 51.9. The van der Waals surface area contributed by atoms with E-state index in [1.54, 1.807) is 0 Å². The molecule has 84 valence electrons. The number of nitrogens with two attached hydrogens (primary N) is 1. The Morgan fingerprint density at radius 2 is 1.93 bits per heavy atom. The molecule has 0 aliphatic rings. The Morgan fingerprint density at radius 1 is 1.33 bits per heavy atom. The van der Waals surface area contributed by atoms with Crippen LogP contribution >= 0.6 is 0 Å². The molecule has 7 heteroatoms. The Kier molecular flexibility index (Phi) is 3.04. The van der Waals surface area contributed by atoms with Crippen LogP contribution in [-0.2, 0) is 6.61 Å². The average Bonchev–Trinajstić information content (AvgIpc) is 2.07. The lowest BCUT2D eigenvalue weighted by atomic mass is 10.2. The first-order chi connectivity index (χ1) is 6.83. The fourth-order valence-electron chi connectivity index (χ4n) is 0.945. The molecule has 0 aliphatic carbocycles. The molecule has 0 saturated carbocycles. The van der Waals surface area contributed by atoms with Gasteiger partial charge in [0.05, 0.1) is 12.3 Å². The van der Waals surface area contributed by atoms with E-state index < -0.39 is 30.2 Å². The number of nitrogen functional groups attached to an aromatic ring is 1. The van der Waals surface area contributed by atoms with Gasteiger partial charge in [0, 0.05) is 11.6 Å². The Balaban J connectivity index is 3.08. The van der Waals surface area contributed by atoms with Gasteiger partial charge in [-0.15, -0.1) is 13.2 Å². The number of halogens is 4. The molecule has 0 saturated heterocycles. The van der Waals surface area contributed by atoms with Crippen molar-refractivity contribution < 1.29 is 27.4 Å². The SMILES string of the molecule is Nc1cc(F)c(CO)cc1OC(F)(F)F. The van der Waals surface area contributed by atoms with Crippen LogP contribution in [0, 0.1) is 5.82 Å². The van der Waals surface area contributed by atoms with Gasteiger partial charge >= 0.3 is 6.36 Å². The van der Waals surface area contributed by atoms with Crippen LogP contribution in [-0.4, -0.2) is 11.5 Å². The van der Waals surface area contributed by atoms with Crippen LogP contribution in [0.25, 0.3) is 0 Å². The Bertz CT molecular complexity index is 364. The second-order valence-corrected chi connectivity index (χ2v) is 2.69. The van der Waals surface area contributed by atoms with E-state index >= 15 is 0 Å². The summed E-state index contributed by atoms with van der Waals surface area (Å²) in [5, 5.41) is 8.61. The monoisotopic (exact) mass is 225 g/mol. The Hall–Kier alpha value is -1.50. The minimum atomic E-state index is -4.90. The molecule has 0 atom stereocenters. The van der Waals surface area contributed by atoms with Crippen molar-refractivity contribution in [3.8, 4) is 5.75 Å². The van der Waals surface area contributed by atoms with Gasteiger partial charge in [-0.2, -0.15) is 0 Å². The van der Waals surface area contributed by atoms with Gasteiger partial charge in [-0.3, -0.25) is 0 Å². The van der Waals surface area contributed by atoms with Crippen molar-refractivity contribution in [2.24, 2.45) is 0 Å². The zero-order valence-corrected chi connectivity index (χ0v) is 7.31. The molecule has 0 heterocycles. The van der Waals surface area contributed by atoms with Crippen LogP contribution < -0.4 is 10.5 Å². The third kappa shape index (κ3) is 2.98. The van der Waals surface area contributed by atoms with Crippen LogP contribution in [0.3, 0.4) is 0 Å². The minimum absolute atomic E-state index is 0.316. The number of aliphatic hydroxyl groups excluding tert-OH is 1. The predicted octanol–water partition coefficient (Wildman–Crippen LogP) is 1.80. The summed E-state index contributed by atoms with van der Waals surface area (Å²) in [5.74, 6) is -1.61. The van der Waals surface area contributed by atoms with Crippen molar-refractivity contribution in [3.63, 3.8) is 0 Å². The van der Waals surface area contributed by atoms with Gasteiger partial charge in [0.15, 0.2) is 5.75 Å². The molecule has 1 rings (SSSR count). The highest BCUT2D eigenvalue weighted by Crippen LogP contribution is 2.30. The molecule has 1 aromatic carbocycles. The molecule has 0 bridgehead atoms. The molecule has 0 fully saturated rings. The smallest absolute Gasteiger partial charge is 0.404 e. The molecule has 0 spiro atoms. The summed E-state index contributed by atoms with van der Waals surface area (Å²) in [6.07, 6.45) is -4.90. The van der Waals surface area contributed by atoms with Crippen molar-refractivity contribution in [1.82, 2.24) is 0 Å². The van der Waals surface area contributed by atoms with Crippen molar-refractivity contribution in [3.05, 3.63) is 23.5 Å². The highest BCUT2D eigenvalue weighted by atomic mass is 19.4. The summed E-state index contributed by atoms with van der Waals surface area (Å²) in [5.41, 5.74) is 4.31. The number of hydrogen-bond acceptors (Lipinski definition) is 3. The largest absolute Gasteiger partial charge is 0.573 e. The Morgan fingerprint density at radius 3 is 2.40 bits per heavy atom. The second-order valence-electron chi connectivity index (χ2n) is 2.69. The standard InChI is InChI=1S/C8H7F4NO2/c9-5-2-6(13)7(1-4(5)3-14)15-8(10,11)12/h1-2,14H,3,13H2. The van der Waals surface area contributed by atoms with Gasteiger partial charge in [-0.1, -0.05) is 0 Å². The molecule has 15 heavy (non-hydrogen) atoms. The van der Waals surface area contributed by atoms with E-state index in [2.05, 4.69) is 4.74 Å². The summed E-state index contributed by atoms with van der Waals surface area (Å²) in [6.45, 7) is -0.736. The number of aliphatic hydroxyl groups is 1. The summed E-state index contributed by atoms with van der Waals surface area (Å²) in [6, 6.07) is 1.37. The molecular weight excluding hydrogens is 218 g/mol. The van der Waals surface area contributed by atoms with Crippen molar-refractivity contribution >= 4 is 5.69 Å². The molecule has 3 nitrogen and oxygen atoms in total. The third-order valence-corrected chi connectivity index (χ3v) is 1.57. The van der Waals surface area contributed by atoms with Gasteiger partial charge in [0.25, 0.3) is 0 Å². The second kappa shape index (κ2) is 3.93. The summed E-state index contributed by atoms with van der Waals surface area (Å²) in [7, 11) is 0. The minimum Gasteiger partial charge on any atom is -0.404 e. The van der Waals surface area contributed by atoms with Gasteiger partial charge in [-0.25, -0.2) is 4.39 Å². The van der Waals surface area contributed by atoms with E-state index in [4.69, 9.17) is 10.8 Å². The van der Waals surface area contributed by atoms with Crippen molar-refractivity contribution in [2.45, 2.75) is 13.0 Å². The van der Waals surface area contributed by atoms with Crippen LogP contribution in [0.1, 0.15) is 5.56 Å². The number of hydrogen-bond donors (Lipinski definition) is 2. The maximum atomic E-state index is 12.9.